The van der Waals surface area contributed by atoms with Crippen LogP contribution in [0.15, 0.2) is 53.4 Å². The van der Waals surface area contributed by atoms with Crippen LogP contribution >= 0.6 is 0 Å². The number of sulfonamides is 2. The highest BCUT2D eigenvalue weighted by atomic mass is 32.2. The predicted molar refractivity (Wildman–Crippen MR) is 129 cm³/mol. The van der Waals surface area contributed by atoms with Crippen molar-refractivity contribution in [2.75, 3.05) is 45.6 Å². The molecule has 0 aromatic heterocycles. The maximum absolute atomic E-state index is 13.3. The zero-order valence-corrected chi connectivity index (χ0v) is 21.8. The van der Waals surface area contributed by atoms with Gasteiger partial charge in [0, 0.05) is 39.3 Å². The van der Waals surface area contributed by atoms with Crippen LogP contribution in [0.25, 0.3) is 0 Å². The lowest BCUT2D eigenvalue weighted by molar-refractivity contribution is -0.192. The van der Waals surface area contributed by atoms with Crippen molar-refractivity contribution in [3.63, 3.8) is 0 Å². The van der Waals surface area contributed by atoms with Gasteiger partial charge in [-0.05, 0) is 42.0 Å². The number of carboxylic acids is 1. The number of ether oxygens (including phenoxy) is 1. The van der Waals surface area contributed by atoms with Gasteiger partial charge in [-0.1, -0.05) is 12.1 Å². The highest BCUT2D eigenvalue weighted by Gasteiger charge is 2.38. The van der Waals surface area contributed by atoms with E-state index in [2.05, 4.69) is 5.32 Å². The summed E-state index contributed by atoms with van der Waals surface area (Å²) < 4.78 is 105. The molecule has 1 heterocycles. The molecule has 2 N–H and O–H groups in total. The van der Waals surface area contributed by atoms with Crippen molar-refractivity contribution >= 4 is 26.0 Å². The van der Waals surface area contributed by atoms with Crippen LogP contribution in [0, 0.1) is 5.82 Å². The molecule has 212 valence electrons. The molecule has 3 rings (SSSR count). The topological polar surface area (TPSA) is 133 Å². The minimum Gasteiger partial charge on any atom is -0.497 e. The normalized spacial score (nSPS) is 15.0. The Bertz CT molecular complexity index is 1280. The van der Waals surface area contributed by atoms with Gasteiger partial charge in [-0.2, -0.15) is 21.8 Å². The first-order chi connectivity index (χ1) is 17.7. The monoisotopic (exact) mass is 585 g/mol. The van der Waals surface area contributed by atoms with Gasteiger partial charge in [0.1, 0.15) is 11.6 Å². The number of hydrogen-bond donors (Lipinski definition) is 2. The van der Waals surface area contributed by atoms with E-state index in [1.807, 2.05) is 0 Å². The van der Waals surface area contributed by atoms with Crippen LogP contribution in [0.4, 0.5) is 17.6 Å². The van der Waals surface area contributed by atoms with E-state index in [1.165, 1.54) is 23.5 Å². The lowest BCUT2D eigenvalue weighted by atomic mass is 10.2. The quantitative estimate of drug-likeness (QED) is 0.427. The van der Waals surface area contributed by atoms with Crippen LogP contribution in [0.3, 0.4) is 0 Å². The summed E-state index contributed by atoms with van der Waals surface area (Å²) in [4.78, 5) is 8.80. The molecule has 0 unspecified atom stereocenters. The number of methoxy groups -OCH3 is 1. The van der Waals surface area contributed by atoms with E-state index in [9.17, 15) is 34.4 Å². The number of aliphatic carboxylic acids is 1. The maximum atomic E-state index is 13.3. The highest BCUT2D eigenvalue weighted by molar-refractivity contribution is 7.90. The van der Waals surface area contributed by atoms with Gasteiger partial charge in [0.2, 0.25) is 20.0 Å². The third-order valence-corrected chi connectivity index (χ3v) is 8.96. The second kappa shape index (κ2) is 13.3. The van der Waals surface area contributed by atoms with E-state index in [0.29, 0.717) is 37.5 Å². The van der Waals surface area contributed by atoms with Crippen LogP contribution < -0.4 is 10.1 Å². The smallest absolute Gasteiger partial charge is 0.490 e. The van der Waals surface area contributed by atoms with Gasteiger partial charge in [0.15, 0.2) is 0 Å². The first-order valence-electron chi connectivity index (χ1n) is 11.0. The molecule has 2 aromatic rings. The highest BCUT2D eigenvalue weighted by Crippen LogP contribution is 2.21. The first kappa shape index (κ1) is 31.4. The van der Waals surface area contributed by atoms with Crippen LogP contribution in [-0.2, 0) is 31.4 Å². The average Bonchev–Trinajstić information content (AvgIpc) is 2.87. The number of halogens is 4. The van der Waals surface area contributed by atoms with Gasteiger partial charge >= 0.3 is 12.1 Å². The standard InChI is InChI=1S/C20H26FN3O5S2.C2HF3O2/c1-29-19-4-2-3-17(15-19)16-24(31(27,28)20-7-5-18(21)6-8-20)13-14-30(25,26)23-11-9-22-10-12-23;3-2(4,5)1(6)7/h2-8,15,22H,9-14,16H2,1H3;(H,6,7). The summed E-state index contributed by atoms with van der Waals surface area (Å²) in [6, 6.07) is 11.4. The molecule has 0 saturated carbocycles. The van der Waals surface area contributed by atoms with Gasteiger partial charge in [-0.25, -0.2) is 26.0 Å². The number of alkyl halides is 3. The summed E-state index contributed by atoms with van der Waals surface area (Å²) in [5, 5.41) is 10.2. The van der Waals surface area contributed by atoms with E-state index in [0.717, 1.165) is 16.4 Å². The largest absolute Gasteiger partial charge is 0.497 e. The molecule has 0 radical (unpaired) electrons. The fourth-order valence-corrected chi connectivity index (χ4v) is 6.28. The zero-order chi connectivity index (χ0) is 28.6. The SMILES string of the molecule is COc1cccc(CN(CCS(=O)(=O)N2CCNCC2)S(=O)(=O)c2ccc(F)cc2)c1.O=C(O)C(F)(F)F. The third-order valence-electron chi connectivity index (χ3n) is 5.25. The second-order valence-electron chi connectivity index (χ2n) is 7.91. The van der Waals surface area contributed by atoms with E-state index >= 15 is 0 Å². The van der Waals surface area contributed by atoms with Gasteiger partial charge in [-0.15, -0.1) is 0 Å². The number of rotatable bonds is 9. The molecule has 2 aromatic carbocycles. The summed E-state index contributed by atoms with van der Waals surface area (Å²) in [5.41, 5.74) is 0.643. The summed E-state index contributed by atoms with van der Waals surface area (Å²) >= 11 is 0. The van der Waals surface area contributed by atoms with E-state index in [4.69, 9.17) is 14.6 Å². The van der Waals surface area contributed by atoms with Gasteiger partial charge in [-0.3, -0.25) is 0 Å². The van der Waals surface area contributed by atoms with E-state index < -0.39 is 38.0 Å². The molecular weight excluding hydrogens is 558 g/mol. The number of benzene rings is 2. The number of carboxylic acid groups (broad SMARTS) is 1. The lowest BCUT2D eigenvalue weighted by Gasteiger charge is -2.28. The minimum atomic E-state index is -5.08. The summed E-state index contributed by atoms with van der Waals surface area (Å²) in [6.45, 7) is 1.53. The molecule has 0 aliphatic carbocycles. The number of carbonyl (C=O) groups is 1. The molecule has 38 heavy (non-hydrogen) atoms. The second-order valence-corrected chi connectivity index (χ2v) is 11.9. The van der Waals surface area contributed by atoms with E-state index in [-0.39, 0.29) is 23.7 Å². The maximum Gasteiger partial charge on any atom is 0.490 e. The fourth-order valence-electron chi connectivity index (χ4n) is 3.28. The molecule has 0 amide bonds. The minimum absolute atomic E-state index is 0.0476. The van der Waals surface area contributed by atoms with Crippen molar-refractivity contribution in [1.82, 2.24) is 13.9 Å². The molecular formula is C22H27F4N3O7S2. The molecule has 10 nitrogen and oxygen atoms in total. The van der Waals surface area contributed by atoms with Crippen molar-refractivity contribution in [2.45, 2.75) is 17.6 Å². The first-order valence-corrected chi connectivity index (χ1v) is 14.1. The Labute approximate surface area is 217 Å². The third kappa shape index (κ3) is 9.20. The van der Waals surface area contributed by atoms with Gasteiger partial charge in [0.05, 0.1) is 17.8 Å². The van der Waals surface area contributed by atoms with E-state index in [1.54, 1.807) is 24.3 Å². The van der Waals surface area contributed by atoms with Crippen molar-refractivity contribution < 1.29 is 49.0 Å². The average molecular weight is 586 g/mol. The van der Waals surface area contributed by atoms with Crippen LogP contribution in [0.2, 0.25) is 0 Å². The summed E-state index contributed by atoms with van der Waals surface area (Å²) in [6.07, 6.45) is -5.08. The number of hydrogen-bond acceptors (Lipinski definition) is 7. The number of nitrogens with zero attached hydrogens (tertiary/aromatic N) is 2. The van der Waals surface area contributed by atoms with Crippen molar-refractivity contribution in [3.8, 4) is 5.75 Å². The van der Waals surface area contributed by atoms with Crippen molar-refractivity contribution in [3.05, 3.63) is 59.9 Å². The molecule has 0 spiro atoms. The summed E-state index contributed by atoms with van der Waals surface area (Å²) in [7, 11) is -6.18. The Kier molecular flexibility index (Phi) is 11.0. The van der Waals surface area contributed by atoms with Crippen LogP contribution in [-0.4, -0.2) is 88.3 Å². The lowest BCUT2D eigenvalue weighted by Crippen LogP contribution is -2.48. The Balaban J connectivity index is 0.000000638. The molecule has 0 bridgehead atoms. The zero-order valence-electron chi connectivity index (χ0n) is 20.2. The summed E-state index contributed by atoms with van der Waals surface area (Å²) in [5.74, 6) is -3.10. The Morgan fingerprint density at radius 1 is 1.08 bits per heavy atom. The Morgan fingerprint density at radius 2 is 1.66 bits per heavy atom. The molecule has 16 heteroatoms. The van der Waals surface area contributed by atoms with Crippen molar-refractivity contribution in [1.29, 1.82) is 0 Å². The fraction of sp³-hybridized carbons (Fsp3) is 0.409. The van der Waals surface area contributed by atoms with Gasteiger partial charge in [0.25, 0.3) is 0 Å². The molecule has 1 saturated heterocycles. The van der Waals surface area contributed by atoms with Crippen molar-refractivity contribution in [2.24, 2.45) is 0 Å². The Morgan fingerprint density at radius 3 is 2.18 bits per heavy atom. The predicted octanol–water partition coefficient (Wildman–Crippen LogP) is 1.89. The molecule has 0 atom stereocenters. The van der Waals surface area contributed by atoms with Gasteiger partial charge < -0.3 is 15.2 Å². The molecule has 1 aliphatic heterocycles. The number of nitrogens with one attached hydrogen (secondary N) is 1. The molecule has 1 fully saturated rings. The molecule has 1 aliphatic rings. The van der Waals surface area contributed by atoms with Crippen LogP contribution in [0.1, 0.15) is 5.56 Å². The van der Waals surface area contributed by atoms with Crippen LogP contribution in [0.5, 0.6) is 5.75 Å². The Hall–Kier alpha value is -2.79. The number of piperazine rings is 1.